The van der Waals surface area contributed by atoms with Crippen molar-refractivity contribution < 1.29 is 17.9 Å². The highest BCUT2D eigenvalue weighted by Crippen LogP contribution is 2.29. The molecule has 0 unspecified atom stereocenters. The van der Waals surface area contributed by atoms with Gasteiger partial charge in [-0.3, -0.25) is 10.1 Å². The Kier molecular flexibility index (Phi) is 5.69. The van der Waals surface area contributed by atoms with Crippen LogP contribution in [0.1, 0.15) is 24.2 Å². The van der Waals surface area contributed by atoms with Crippen LogP contribution in [0.5, 0.6) is 5.75 Å². The summed E-state index contributed by atoms with van der Waals surface area (Å²) < 4.78 is 31.9. The fourth-order valence-electron chi connectivity index (χ4n) is 2.46. The minimum absolute atomic E-state index is 0.0589. The number of amides is 1. The second-order valence-electron chi connectivity index (χ2n) is 6.58. The number of thiazole rings is 1. The molecule has 1 heterocycles. The van der Waals surface area contributed by atoms with E-state index in [0.29, 0.717) is 26.7 Å². The first-order valence-electron chi connectivity index (χ1n) is 8.58. The van der Waals surface area contributed by atoms with E-state index in [1.807, 2.05) is 13.8 Å². The van der Waals surface area contributed by atoms with Crippen molar-refractivity contribution in [1.82, 2.24) is 9.29 Å². The molecule has 0 aliphatic carbocycles. The Morgan fingerprint density at radius 3 is 2.43 bits per heavy atom. The third-order valence-electron chi connectivity index (χ3n) is 3.85. The maximum absolute atomic E-state index is 12.5. The number of benzene rings is 2. The Hall–Kier alpha value is -2.49. The van der Waals surface area contributed by atoms with Crippen LogP contribution in [0.4, 0.5) is 5.13 Å². The summed E-state index contributed by atoms with van der Waals surface area (Å²) in [6.07, 6.45) is 0.0589. The minimum atomic E-state index is -3.52. The Morgan fingerprint density at radius 1 is 1.14 bits per heavy atom. The summed E-state index contributed by atoms with van der Waals surface area (Å²) in [5.41, 5.74) is 1.10. The van der Waals surface area contributed by atoms with E-state index in [1.54, 1.807) is 36.4 Å². The van der Waals surface area contributed by atoms with Gasteiger partial charge in [-0.25, -0.2) is 17.7 Å². The van der Waals surface area contributed by atoms with Crippen LogP contribution in [0, 0.1) is 0 Å². The highest BCUT2D eigenvalue weighted by atomic mass is 32.2. The number of carbonyl (C=O) groups excluding carboxylic acids is 1. The molecule has 3 rings (SSSR count). The number of carbonyl (C=O) groups is 1. The van der Waals surface area contributed by atoms with E-state index in [1.165, 1.54) is 31.5 Å². The predicted octanol–water partition coefficient (Wildman–Crippen LogP) is 3.59. The van der Waals surface area contributed by atoms with Gasteiger partial charge in [0.1, 0.15) is 5.75 Å². The molecule has 0 aliphatic heterocycles. The number of aromatic nitrogens is 1. The molecule has 1 aromatic heterocycles. The van der Waals surface area contributed by atoms with E-state index in [2.05, 4.69) is 10.3 Å². The van der Waals surface area contributed by atoms with Gasteiger partial charge in [-0.1, -0.05) is 11.3 Å². The van der Waals surface area contributed by atoms with Crippen LogP contribution in [0.2, 0.25) is 0 Å². The van der Waals surface area contributed by atoms with Gasteiger partial charge in [-0.2, -0.15) is 0 Å². The zero-order valence-electron chi connectivity index (χ0n) is 16.0. The molecule has 0 bridgehead atoms. The maximum Gasteiger partial charge on any atom is 0.257 e. The fourth-order valence-corrected chi connectivity index (χ4v) is 4.36. The topological polar surface area (TPSA) is 88.6 Å². The molecule has 7 nitrogen and oxygen atoms in total. The highest BCUT2D eigenvalue weighted by Gasteiger charge is 2.19. The van der Waals surface area contributed by atoms with Gasteiger partial charge in [0, 0.05) is 19.7 Å². The molecular weight excluding hydrogens is 398 g/mol. The third-order valence-corrected chi connectivity index (χ3v) is 6.59. The fraction of sp³-hybridized carbons (Fsp3) is 0.263. The van der Waals surface area contributed by atoms with Crippen molar-refractivity contribution in [3.05, 3.63) is 48.0 Å². The van der Waals surface area contributed by atoms with E-state index >= 15 is 0 Å². The van der Waals surface area contributed by atoms with Crippen molar-refractivity contribution in [1.29, 1.82) is 0 Å². The van der Waals surface area contributed by atoms with Crippen LogP contribution >= 0.6 is 11.3 Å². The van der Waals surface area contributed by atoms with Crippen LogP contribution < -0.4 is 10.1 Å². The molecule has 148 valence electrons. The number of rotatable bonds is 6. The number of nitrogens with zero attached hydrogens (tertiary/aromatic N) is 2. The monoisotopic (exact) mass is 419 g/mol. The second kappa shape index (κ2) is 7.86. The van der Waals surface area contributed by atoms with Crippen molar-refractivity contribution in [2.45, 2.75) is 24.8 Å². The van der Waals surface area contributed by atoms with Crippen LogP contribution in [0.25, 0.3) is 10.2 Å². The highest BCUT2D eigenvalue weighted by molar-refractivity contribution is 7.89. The SMILES string of the molecule is CC(C)Oc1ccc(C(=O)Nc2nc3ccc(S(=O)(=O)N(C)C)cc3s2)cc1. The maximum atomic E-state index is 12.5. The van der Waals surface area contributed by atoms with Gasteiger partial charge in [0.15, 0.2) is 5.13 Å². The Morgan fingerprint density at radius 2 is 1.82 bits per heavy atom. The summed E-state index contributed by atoms with van der Waals surface area (Å²) in [7, 11) is -0.562. The molecule has 0 atom stereocenters. The largest absolute Gasteiger partial charge is 0.491 e. The molecule has 0 saturated heterocycles. The van der Waals surface area contributed by atoms with Crippen LogP contribution in [-0.4, -0.2) is 43.8 Å². The first-order valence-corrected chi connectivity index (χ1v) is 10.8. The third kappa shape index (κ3) is 4.32. The summed E-state index contributed by atoms with van der Waals surface area (Å²) in [6, 6.07) is 11.6. The number of sulfonamides is 1. The van der Waals surface area contributed by atoms with Gasteiger partial charge in [-0.05, 0) is 56.3 Å². The summed E-state index contributed by atoms with van der Waals surface area (Å²) in [5.74, 6) is 0.400. The molecule has 1 N–H and O–H groups in total. The van der Waals surface area contributed by atoms with Crippen molar-refractivity contribution in [3.63, 3.8) is 0 Å². The molecule has 0 aliphatic rings. The van der Waals surface area contributed by atoms with Gasteiger partial charge in [0.25, 0.3) is 5.91 Å². The number of hydrogen-bond acceptors (Lipinski definition) is 6. The van der Waals surface area contributed by atoms with Crippen molar-refractivity contribution in [3.8, 4) is 5.75 Å². The van der Waals surface area contributed by atoms with Crippen molar-refractivity contribution in [2.75, 3.05) is 19.4 Å². The Bertz CT molecular complexity index is 1100. The Labute approximate surface area is 168 Å². The number of nitrogens with one attached hydrogen (secondary N) is 1. The molecule has 3 aromatic rings. The lowest BCUT2D eigenvalue weighted by molar-refractivity contribution is 0.102. The van der Waals surface area contributed by atoms with Gasteiger partial charge in [-0.15, -0.1) is 0 Å². The van der Waals surface area contributed by atoms with Crippen LogP contribution in [0.15, 0.2) is 47.4 Å². The number of fused-ring (bicyclic) bond motifs is 1. The lowest BCUT2D eigenvalue weighted by atomic mass is 10.2. The normalized spacial score (nSPS) is 11.9. The van der Waals surface area contributed by atoms with Crippen LogP contribution in [0.3, 0.4) is 0 Å². The van der Waals surface area contributed by atoms with E-state index in [9.17, 15) is 13.2 Å². The lowest BCUT2D eigenvalue weighted by Crippen LogP contribution is -2.22. The van der Waals surface area contributed by atoms with E-state index in [4.69, 9.17) is 4.74 Å². The zero-order valence-corrected chi connectivity index (χ0v) is 17.6. The van der Waals surface area contributed by atoms with Crippen molar-refractivity contribution in [2.24, 2.45) is 0 Å². The molecule has 0 spiro atoms. The molecule has 0 fully saturated rings. The Balaban J connectivity index is 1.80. The second-order valence-corrected chi connectivity index (χ2v) is 9.76. The average Bonchev–Trinajstić information content (AvgIpc) is 3.02. The average molecular weight is 420 g/mol. The predicted molar refractivity (Wildman–Crippen MR) is 111 cm³/mol. The summed E-state index contributed by atoms with van der Waals surface area (Å²) in [5, 5.41) is 3.16. The van der Waals surface area contributed by atoms with Crippen LogP contribution in [-0.2, 0) is 10.0 Å². The number of anilines is 1. The smallest absolute Gasteiger partial charge is 0.257 e. The van der Waals surface area contributed by atoms with Crippen molar-refractivity contribution >= 4 is 42.6 Å². The van der Waals surface area contributed by atoms with Gasteiger partial charge in [0.2, 0.25) is 10.0 Å². The summed E-state index contributed by atoms with van der Waals surface area (Å²) in [6.45, 7) is 3.87. The van der Waals surface area contributed by atoms with E-state index in [0.717, 1.165) is 4.31 Å². The lowest BCUT2D eigenvalue weighted by Gasteiger charge is -2.10. The van der Waals surface area contributed by atoms with Gasteiger partial charge >= 0.3 is 0 Å². The standard InChI is InChI=1S/C19H21N3O4S2/c1-12(2)26-14-7-5-13(6-8-14)18(23)21-19-20-16-10-9-15(11-17(16)27-19)28(24,25)22(3)4/h5-12H,1-4H3,(H,20,21,23). The van der Waals surface area contributed by atoms with E-state index < -0.39 is 10.0 Å². The molecule has 9 heteroatoms. The molecule has 1 amide bonds. The van der Waals surface area contributed by atoms with Gasteiger partial charge in [0.05, 0.1) is 21.2 Å². The molecule has 0 radical (unpaired) electrons. The minimum Gasteiger partial charge on any atom is -0.491 e. The summed E-state index contributed by atoms with van der Waals surface area (Å²) >= 11 is 1.22. The first-order chi connectivity index (χ1) is 13.2. The summed E-state index contributed by atoms with van der Waals surface area (Å²) in [4.78, 5) is 17.0. The number of hydrogen-bond donors (Lipinski definition) is 1. The first kappa shape index (κ1) is 20.2. The molecule has 2 aromatic carbocycles. The quantitative estimate of drug-likeness (QED) is 0.660. The van der Waals surface area contributed by atoms with Gasteiger partial charge < -0.3 is 4.74 Å². The van der Waals surface area contributed by atoms with E-state index in [-0.39, 0.29) is 16.9 Å². The number of ether oxygens (including phenoxy) is 1. The molecule has 28 heavy (non-hydrogen) atoms. The molecular formula is C19H21N3O4S2. The zero-order chi connectivity index (χ0) is 20.5. The molecule has 0 saturated carbocycles.